The van der Waals surface area contributed by atoms with Crippen molar-refractivity contribution in [3.05, 3.63) is 17.0 Å². The summed E-state index contributed by atoms with van der Waals surface area (Å²) >= 11 is 0. The number of hydrogen-bond acceptors (Lipinski definition) is 3. The van der Waals surface area contributed by atoms with Gasteiger partial charge < -0.3 is 5.32 Å². The maximum atomic E-state index is 11.5. The van der Waals surface area contributed by atoms with Crippen LogP contribution in [0.1, 0.15) is 17.0 Å². The summed E-state index contributed by atoms with van der Waals surface area (Å²) in [6.07, 6.45) is 5.07. The van der Waals surface area contributed by atoms with Gasteiger partial charge in [-0.1, -0.05) is 5.92 Å². The first kappa shape index (κ1) is 13.3. The van der Waals surface area contributed by atoms with Crippen LogP contribution < -0.4 is 10.6 Å². The molecule has 1 heterocycles. The second kappa shape index (κ2) is 6.06. The number of rotatable bonds is 5. The largest absolute Gasteiger partial charge is 0.351 e. The zero-order valence-corrected chi connectivity index (χ0v) is 10.5. The highest BCUT2D eigenvalue weighted by Crippen LogP contribution is 2.10. The van der Waals surface area contributed by atoms with Crippen molar-refractivity contribution in [2.75, 3.05) is 13.1 Å². The fourth-order valence-electron chi connectivity index (χ4n) is 1.57. The lowest BCUT2D eigenvalue weighted by Gasteiger charge is -2.05. The minimum Gasteiger partial charge on any atom is -0.351 e. The topological polar surface area (TPSA) is 59.0 Å². The van der Waals surface area contributed by atoms with E-state index in [-0.39, 0.29) is 12.5 Å². The van der Waals surface area contributed by atoms with E-state index in [9.17, 15) is 4.79 Å². The number of carbonyl (C=O) groups excluding carboxylic acids is 1. The number of carbonyl (C=O) groups is 1. The summed E-state index contributed by atoms with van der Waals surface area (Å²) in [4.78, 5) is 11.5. The van der Waals surface area contributed by atoms with Crippen LogP contribution in [0.3, 0.4) is 0 Å². The van der Waals surface area contributed by atoms with Gasteiger partial charge in [0.2, 0.25) is 5.91 Å². The van der Waals surface area contributed by atoms with Crippen LogP contribution in [0.2, 0.25) is 0 Å². The summed E-state index contributed by atoms with van der Waals surface area (Å²) in [7, 11) is 1.89. The van der Waals surface area contributed by atoms with E-state index in [0.29, 0.717) is 13.1 Å². The first-order valence-electron chi connectivity index (χ1n) is 5.46. The predicted molar refractivity (Wildman–Crippen MR) is 66.2 cm³/mol. The molecule has 0 unspecified atom stereocenters. The molecule has 0 aliphatic rings. The number of nitrogens with one attached hydrogen (secondary N) is 2. The molecule has 0 atom stereocenters. The van der Waals surface area contributed by atoms with Crippen LogP contribution in [0.15, 0.2) is 0 Å². The van der Waals surface area contributed by atoms with E-state index in [0.717, 1.165) is 17.0 Å². The molecule has 0 spiro atoms. The second-order valence-electron chi connectivity index (χ2n) is 3.86. The molecule has 2 N–H and O–H groups in total. The van der Waals surface area contributed by atoms with Gasteiger partial charge in [0.25, 0.3) is 0 Å². The molecule has 0 fully saturated rings. The van der Waals surface area contributed by atoms with Crippen molar-refractivity contribution >= 4 is 5.91 Å². The van der Waals surface area contributed by atoms with Gasteiger partial charge in [-0.3, -0.25) is 14.8 Å². The quantitative estimate of drug-likeness (QED) is 0.551. The molecule has 92 valence electrons. The van der Waals surface area contributed by atoms with E-state index in [1.165, 1.54) is 0 Å². The van der Waals surface area contributed by atoms with E-state index in [4.69, 9.17) is 6.42 Å². The van der Waals surface area contributed by atoms with E-state index in [1.54, 1.807) is 0 Å². The predicted octanol–water partition coefficient (Wildman–Crippen LogP) is -0.124. The summed E-state index contributed by atoms with van der Waals surface area (Å²) < 4.78 is 1.81. The SMILES string of the molecule is C#CCNCC(=O)NCc1c(C)nn(C)c1C. The van der Waals surface area contributed by atoms with E-state index < -0.39 is 0 Å². The zero-order valence-electron chi connectivity index (χ0n) is 10.5. The second-order valence-corrected chi connectivity index (χ2v) is 3.86. The molecule has 0 radical (unpaired) electrons. The third-order valence-electron chi connectivity index (χ3n) is 2.63. The molecule has 0 saturated carbocycles. The smallest absolute Gasteiger partial charge is 0.234 e. The van der Waals surface area contributed by atoms with Gasteiger partial charge in [-0.2, -0.15) is 5.10 Å². The van der Waals surface area contributed by atoms with Crippen molar-refractivity contribution in [1.29, 1.82) is 0 Å². The normalized spacial score (nSPS) is 10.0. The molecule has 1 rings (SSSR count). The first-order valence-corrected chi connectivity index (χ1v) is 5.46. The number of aromatic nitrogens is 2. The molecule has 5 nitrogen and oxygen atoms in total. The van der Waals surface area contributed by atoms with E-state index in [2.05, 4.69) is 21.7 Å². The molecule has 0 aromatic carbocycles. The Bertz CT molecular complexity index is 442. The number of nitrogens with zero attached hydrogens (tertiary/aromatic N) is 2. The Morgan fingerprint density at radius 3 is 2.76 bits per heavy atom. The maximum Gasteiger partial charge on any atom is 0.234 e. The van der Waals surface area contributed by atoms with Crippen molar-refractivity contribution in [3.8, 4) is 12.3 Å². The molecule has 5 heteroatoms. The van der Waals surface area contributed by atoms with Crippen molar-refractivity contribution in [2.24, 2.45) is 7.05 Å². The van der Waals surface area contributed by atoms with Gasteiger partial charge >= 0.3 is 0 Å². The Hall–Kier alpha value is -1.80. The number of terminal acetylenes is 1. The molecule has 0 bridgehead atoms. The zero-order chi connectivity index (χ0) is 12.8. The molecule has 0 aliphatic carbocycles. The van der Waals surface area contributed by atoms with Crippen LogP contribution in [0.25, 0.3) is 0 Å². The lowest BCUT2D eigenvalue weighted by atomic mass is 10.2. The average molecular weight is 234 g/mol. The number of aryl methyl sites for hydroxylation is 2. The summed E-state index contributed by atoms with van der Waals surface area (Å²) in [5.41, 5.74) is 3.08. The lowest BCUT2D eigenvalue weighted by molar-refractivity contribution is -0.120. The van der Waals surface area contributed by atoms with Gasteiger partial charge in [0.05, 0.1) is 18.8 Å². The van der Waals surface area contributed by atoms with Crippen molar-refractivity contribution in [2.45, 2.75) is 20.4 Å². The van der Waals surface area contributed by atoms with Gasteiger partial charge in [0.1, 0.15) is 0 Å². The average Bonchev–Trinajstić information content (AvgIpc) is 2.51. The van der Waals surface area contributed by atoms with Crippen molar-refractivity contribution in [3.63, 3.8) is 0 Å². The van der Waals surface area contributed by atoms with Crippen LogP contribution in [-0.2, 0) is 18.4 Å². The van der Waals surface area contributed by atoms with E-state index in [1.807, 2.05) is 25.6 Å². The Kier molecular flexibility index (Phi) is 4.73. The fraction of sp³-hybridized carbons (Fsp3) is 0.500. The van der Waals surface area contributed by atoms with Crippen LogP contribution in [0.5, 0.6) is 0 Å². The molecular formula is C12H18N4O. The van der Waals surface area contributed by atoms with Gasteiger partial charge in [0, 0.05) is 24.8 Å². The van der Waals surface area contributed by atoms with Gasteiger partial charge in [-0.25, -0.2) is 0 Å². The Morgan fingerprint density at radius 1 is 1.53 bits per heavy atom. The van der Waals surface area contributed by atoms with Crippen LogP contribution >= 0.6 is 0 Å². The third kappa shape index (κ3) is 3.61. The monoisotopic (exact) mass is 234 g/mol. The molecule has 17 heavy (non-hydrogen) atoms. The van der Waals surface area contributed by atoms with E-state index >= 15 is 0 Å². The highest BCUT2D eigenvalue weighted by atomic mass is 16.1. The fourth-order valence-corrected chi connectivity index (χ4v) is 1.57. The van der Waals surface area contributed by atoms with Gasteiger partial charge in [-0.05, 0) is 13.8 Å². The minimum absolute atomic E-state index is 0.0668. The number of hydrogen-bond donors (Lipinski definition) is 2. The van der Waals surface area contributed by atoms with Crippen LogP contribution in [0, 0.1) is 26.2 Å². The molecule has 0 saturated heterocycles. The summed E-state index contributed by atoms with van der Waals surface area (Å²) in [6, 6.07) is 0. The standard InChI is InChI=1S/C12H18N4O/c1-5-6-13-8-12(17)14-7-11-9(2)15-16(4)10(11)3/h1,13H,6-8H2,2-4H3,(H,14,17). The Labute approximate surface area is 102 Å². The molecule has 0 aliphatic heterocycles. The first-order chi connectivity index (χ1) is 8.06. The summed E-state index contributed by atoms with van der Waals surface area (Å²) in [5, 5.41) is 9.95. The highest BCUT2D eigenvalue weighted by Gasteiger charge is 2.09. The summed E-state index contributed by atoms with van der Waals surface area (Å²) in [5.74, 6) is 2.35. The molecular weight excluding hydrogens is 216 g/mol. The highest BCUT2D eigenvalue weighted by molar-refractivity contribution is 5.78. The molecule has 1 amide bonds. The number of amides is 1. The van der Waals surface area contributed by atoms with Crippen molar-refractivity contribution in [1.82, 2.24) is 20.4 Å². The van der Waals surface area contributed by atoms with Crippen LogP contribution in [0.4, 0.5) is 0 Å². The lowest BCUT2D eigenvalue weighted by Crippen LogP contribution is -2.33. The van der Waals surface area contributed by atoms with Crippen molar-refractivity contribution < 1.29 is 4.79 Å². The molecule has 1 aromatic heterocycles. The Morgan fingerprint density at radius 2 is 2.24 bits per heavy atom. The summed E-state index contributed by atoms with van der Waals surface area (Å²) in [6.45, 7) is 5.06. The van der Waals surface area contributed by atoms with Gasteiger partial charge in [0.15, 0.2) is 0 Å². The maximum absolute atomic E-state index is 11.5. The third-order valence-corrected chi connectivity index (χ3v) is 2.63. The minimum atomic E-state index is -0.0668. The van der Waals surface area contributed by atoms with Crippen LogP contribution in [-0.4, -0.2) is 28.8 Å². The molecule has 1 aromatic rings. The van der Waals surface area contributed by atoms with Gasteiger partial charge in [-0.15, -0.1) is 6.42 Å². The Balaban J connectivity index is 2.45.